The average molecular weight is 290 g/mol. The highest BCUT2D eigenvalue weighted by Gasteiger charge is 2.21. The fourth-order valence-electron chi connectivity index (χ4n) is 1.36. The van der Waals surface area contributed by atoms with Crippen LogP contribution in [0.25, 0.3) is 0 Å². The number of hydrogen-bond acceptors (Lipinski definition) is 5. The molecule has 0 heterocycles. The molecule has 0 aromatic rings. The summed E-state index contributed by atoms with van der Waals surface area (Å²) in [5.74, 6) is -0.385. The van der Waals surface area contributed by atoms with Crippen LogP contribution in [-0.2, 0) is 23.7 Å². The molecule has 0 fully saturated rings. The Morgan fingerprint density at radius 1 is 0.895 bits per heavy atom. The van der Waals surface area contributed by atoms with E-state index in [0.717, 1.165) is 12.8 Å². The molecular formula is C13H26O5Si. The first-order chi connectivity index (χ1) is 9.21. The van der Waals surface area contributed by atoms with E-state index in [4.69, 9.17) is 18.9 Å². The molecule has 0 saturated heterocycles. The second-order valence-electron chi connectivity index (χ2n) is 3.76. The molecule has 112 valence electrons. The van der Waals surface area contributed by atoms with Crippen LogP contribution in [0.1, 0.15) is 33.6 Å². The van der Waals surface area contributed by atoms with Crippen LogP contribution in [0.15, 0.2) is 11.7 Å². The van der Waals surface area contributed by atoms with Crippen LogP contribution in [0, 0.1) is 0 Å². The molecule has 0 aliphatic heterocycles. The number of esters is 1. The van der Waals surface area contributed by atoms with Crippen molar-refractivity contribution in [3.05, 3.63) is 11.7 Å². The van der Waals surface area contributed by atoms with E-state index in [1.807, 2.05) is 13.8 Å². The standard InChI is InChI=1S/C13H26O5Si/c1-4-15-11(13(16-5-2)17-6-3)12(14)18-9-7-8-10-19/h4-10H2,1-3,19H3. The van der Waals surface area contributed by atoms with Gasteiger partial charge in [-0.25, -0.2) is 4.79 Å². The van der Waals surface area contributed by atoms with Gasteiger partial charge >= 0.3 is 11.9 Å². The molecule has 0 spiro atoms. The minimum atomic E-state index is -0.521. The molecule has 0 N–H and O–H groups in total. The van der Waals surface area contributed by atoms with Gasteiger partial charge in [-0.1, -0.05) is 12.5 Å². The summed E-state index contributed by atoms with van der Waals surface area (Å²) in [6.45, 7) is 7.00. The summed E-state index contributed by atoms with van der Waals surface area (Å²) in [7, 11) is 1.18. The van der Waals surface area contributed by atoms with Crippen molar-refractivity contribution < 1.29 is 23.7 Å². The van der Waals surface area contributed by atoms with Crippen LogP contribution in [0.3, 0.4) is 0 Å². The summed E-state index contributed by atoms with van der Waals surface area (Å²) in [5.41, 5.74) is 0. The normalized spacial score (nSPS) is 9.84. The highest BCUT2D eigenvalue weighted by Crippen LogP contribution is 2.12. The lowest BCUT2D eigenvalue weighted by molar-refractivity contribution is -0.144. The lowest BCUT2D eigenvalue weighted by Gasteiger charge is -2.14. The smallest absolute Gasteiger partial charge is 0.381 e. The van der Waals surface area contributed by atoms with Gasteiger partial charge in [0.05, 0.1) is 26.4 Å². The van der Waals surface area contributed by atoms with Gasteiger partial charge in [0.2, 0.25) is 0 Å². The zero-order valence-electron chi connectivity index (χ0n) is 12.5. The molecular weight excluding hydrogens is 264 g/mol. The predicted octanol–water partition coefficient (Wildman–Crippen LogP) is 1.37. The third-order valence-corrected chi connectivity index (χ3v) is 2.90. The molecule has 0 rings (SSSR count). The van der Waals surface area contributed by atoms with Gasteiger partial charge in [0.15, 0.2) is 0 Å². The fraction of sp³-hybridized carbons (Fsp3) is 0.769. The summed E-state index contributed by atoms with van der Waals surface area (Å²) in [4.78, 5) is 11.9. The maximum Gasteiger partial charge on any atom is 0.381 e. The third kappa shape index (κ3) is 7.76. The van der Waals surface area contributed by atoms with E-state index in [2.05, 4.69) is 0 Å². The zero-order valence-corrected chi connectivity index (χ0v) is 14.5. The number of hydrogen-bond donors (Lipinski definition) is 0. The van der Waals surface area contributed by atoms with Crippen molar-refractivity contribution >= 4 is 16.2 Å². The van der Waals surface area contributed by atoms with Gasteiger partial charge in [0.25, 0.3) is 5.76 Å². The van der Waals surface area contributed by atoms with Gasteiger partial charge < -0.3 is 18.9 Å². The Labute approximate surface area is 118 Å². The molecule has 0 aromatic heterocycles. The number of carbonyl (C=O) groups excluding carboxylic acids is 1. The van der Waals surface area contributed by atoms with E-state index >= 15 is 0 Å². The molecule has 0 radical (unpaired) electrons. The maximum atomic E-state index is 11.9. The molecule has 0 atom stereocenters. The summed E-state index contributed by atoms with van der Waals surface area (Å²) in [6, 6.07) is 1.22. The van der Waals surface area contributed by atoms with Crippen molar-refractivity contribution in [1.29, 1.82) is 0 Å². The van der Waals surface area contributed by atoms with E-state index in [-0.39, 0.29) is 11.7 Å². The van der Waals surface area contributed by atoms with Crippen molar-refractivity contribution in [2.75, 3.05) is 26.4 Å². The number of ether oxygens (including phenoxy) is 4. The number of unbranched alkanes of at least 4 members (excludes halogenated alkanes) is 1. The molecule has 5 nitrogen and oxygen atoms in total. The first-order valence-electron chi connectivity index (χ1n) is 7.00. The van der Waals surface area contributed by atoms with Crippen LogP contribution in [0.4, 0.5) is 0 Å². The van der Waals surface area contributed by atoms with Gasteiger partial charge in [-0.3, -0.25) is 0 Å². The topological polar surface area (TPSA) is 54.0 Å². The van der Waals surface area contributed by atoms with Crippen LogP contribution in [0.2, 0.25) is 6.04 Å². The number of rotatable bonds is 11. The van der Waals surface area contributed by atoms with Crippen molar-refractivity contribution in [3.63, 3.8) is 0 Å². The third-order valence-electron chi connectivity index (χ3n) is 2.19. The van der Waals surface area contributed by atoms with E-state index in [1.54, 1.807) is 6.92 Å². The Morgan fingerprint density at radius 3 is 1.95 bits per heavy atom. The summed E-state index contributed by atoms with van der Waals surface area (Å²) in [6.07, 6.45) is 1.98. The quantitative estimate of drug-likeness (QED) is 0.189. The molecule has 0 aliphatic carbocycles. The Bertz CT molecular complexity index is 270. The highest BCUT2D eigenvalue weighted by atomic mass is 28.1. The molecule has 19 heavy (non-hydrogen) atoms. The Hall–Kier alpha value is -1.17. The average Bonchev–Trinajstić information content (AvgIpc) is 2.40. The van der Waals surface area contributed by atoms with Crippen molar-refractivity contribution in [3.8, 4) is 0 Å². The second kappa shape index (κ2) is 11.9. The molecule has 0 aromatic carbocycles. The van der Waals surface area contributed by atoms with Crippen LogP contribution in [-0.4, -0.2) is 42.6 Å². The largest absolute Gasteiger partial charge is 0.482 e. The van der Waals surface area contributed by atoms with Crippen molar-refractivity contribution in [2.45, 2.75) is 39.7 Å². The molecule has 0 aliphatic rings. The van der Waals surface area contributed by atoms with E-state index in [0.29, 0.717) is 26.4 Å². The zero-order chi connectivity index (χ0) is 14.5. The summed E-state index contributed by atoms with van der Waals surface area (Å²) < 4.78 is 21.0. The van der Waals surface area contributed by atoms with Gasteiger partial charge in [0, 0.05) is 10.2 Å². The molecule has 0 bridgehead atoms. The van der Waals surface area contributed by atoms with Crippen molar-refractivity contribution in [1.82, 2.24) is 0 Å². The van der Waals surface area contributed by atoms with E-state index in [9.17, 15) is 4.79 Å². The summed E-state index contributed by atoms with van der Waals surface area (Å²) in [5, 5.41) is 0. The Kier molecular flexibility index (Phi) is 11.2. The first kappa shape index (κ1) is 17.8. The fourth-order valence-corrected chi connectivity index (χ4v) is 1.86. The summed E-state index contributed by atoms with van der Waals surface area (Å²) >= 11 is 0. The van der Waals surface area contributed by atoms with Gasteiger partial charge in [-0.15, -0.1) is 0 Å². The Balaban J connectivity index is 4.63. The van der Waals surface area contributed by atoms with Gasteiger partial charge in [0.1, 0.15) is 0 Å². The molecule has 0 amide bonds. The maximum absolute atomic E-state index is 11.9. The van der Waals surface area contributed by atoms with Crippen LogP contribution >= 0.6 is 0 Å². The minimum absolute atomic E-state index is 0.0251. The van der Waals surface area contributed by atoms with Crippen molar-refractivity contribution in [2.24, 2.45) is 0 Å². The highest BCUT2D eigenvalue weighted by molar-refractivity contribution is 6.08. The monoisotopic (exact) mass is 290 g/mol. The molecule has 0 saturated carbocycles. The number of carbonyl (C=O) groups is 1. The SMILES string of the molecule is CCOC(OCC)=C(OCC)C(=O)OCCCC[SiH3]. The lowest BCUT2D eigenvalue weighted by atomic mass is 10.3. The van der Waals surface area contributed by atoms with E-state index < -0.39 is 5.97 Å². The predicted molar refractivity (Wildman–Crippen MR) is 76.8 cm³/mol. The van der Waals surface area contributed by atoms with Crippen LogP contribution in [0.5, 0.6) is 0 Å². The van der Waals surface area contributed by atoms with Gasteiger partial charge in [-0.05, 0) is 27.2 Å². The van der Waals surface area contributed by atoms with Crippen LogP contribution < -0.4 is 0 Å². The lowest BCUT2D eigenvalue weighted by Crippen LogP contribution is -2.16. The first-order valence-corrected chi connectivity index (χ1v) is 8.42. The molecule has 0 unspecified atom stereocenters. The molecule has 6 heteroatoms. The minimum Gasteiger partial charge on any atom is -0.482 e. The van der Waals surface area contributed by atoms with E-state index in [1.165, 1.54) is 16.3 Å². The van der Waals surface area contributed by atoms with Gasteiger partial charge in [-0.2, -0.15) is 0 Å². The Morgan fingerprint density at radius 2 is 1.47 bits per heavy atom. The second-order valence-corrected chi connectivity index (χ2v) is 4.76.